The van der Waals surface area contributed by atoms with E-state index in [1.807, 2.05) is 0 Å². The zero-order chi connectivity index (χ0) is 13.4. The van der Waals surface area contributed by atoms with E-state index in [2.05, 4.69) is 0 Å². The molecular formula is C15H11FO3. The van der Waals surface area contributed by atoms with Crippen LogP contribution in [0, 0.1) is 5.82 Å². The molecule has 19 heavy (non-hydrogen) atoms. The number of aromatic carboxylic acids is 1. The highest BCUT2D eigenvalue weighted by atomic mass is 19.1. The molecular weight excluding hydrogens is 247 g/mol. The van der Waals surface area contributed by atoms with Gasteiger partial charge in [0, 0.05) is 0 Å². The molecule has 0 saturated carbocycles. The van der Waals surface area contributed by atoms with Crippen molar-refractivity contribution in [2.24, 2.45) is 0 Å². The van der Waals surface area contributed by atoms with E-state index >= 15 is 0 Å². The highest BCUT2D eigenvalue weighted by molar-refractivity contribution is 5.88. The van der Waals surface area contributed by atoms with Gasteiger partial charge in [-0.05, 0) is 41.0 Å². The van der Waals surface area contributed by atoms with E-state index in [4.69, 9.17) is 9.84 Å². The van der Waals surface area contributed by atoms with Crippen LogP contribution in [0.5, 0.6) is 0 Å². The molecule has 1 aliphatic heterocycles. The third-order valence-corrected chi connectivity index (χ3v) is 3.25. The summed E-state index contributed by atoms with van der Waals surface area (Å²) < 4.78 is 18.6. The molecule has 1 N–H and O–H groups in total. The normalized spacial score (nSPS) is 17.2. The SMILES string of the molecule is O=C(O)c1ccc2c(c1)COC2c1ccc(F)cc1. The van der Waals surface area contributed by atoms with Gasteiger partial charge in [0.1, 0.15) is 11.9 Å². The van der Waals surface area contributed by atoms with Crippen molar-refractivity contribution >= 4 is 5.97 Å². The van der Waals surface area contributed by atoms with Crippen LogP contribution < -0.4 is 0 Å². The summed E-state index contributed by atoms with van der Waals surface area (Å²) in [5, 5.41) is 8.95. The average Bonchev–Trinajstić information content (AvgIpc) is 2.82. The first-order valence-corrected chi connectivity index (χ1v) is 5.88. The van der Waals surface area contributed by atoms with Crippen LogP contribution in [0.25, 0.3) is 0 Å². The number of rotatable bonds is 2. The van der Waals surface area contributed by atoms with Crippen molar-refractivity contribution in [2.75, 3.05) is 0 Å². The predicted molar refractivity (Wildman–Crippen MR) is 66.4 cm³/mol. The van der Waals surface area contributed by atoms with E-state index in [0.29, 0.717) is 6.61 Å². The van der Waals surface area contributed by atoms with E-state index in [0.717, 1.165) is 16.7 Å². The van der Waals surface area contributed by atoms with Crippen molar-refractivity contribution in [3.05, 3.63) is 70.5 Å². The van der Waals surface area contributed by atoms with Crippen LogP contribution in [0.4, 0.5) is 4.39 Å². The Bertz CT molecular complexity index is 634. The fourth-order valence-corrected chi connectivity index (χ4v) is 2.30. The van der Waals surface area contributed by atoms with Gasteiger partial charge in [0.25, 0.3) is 0 Å². The summed E-state index contributed by atoms with van der Waals surface area (Å²) in [7, 11) is 0. The summed E-state index contributed by atoms with van der Waals surface area (Å²) in [6, 6.07) is 11.1. The van der Waals surface area contributed by atoms with Crippen molar-refractivity contribution in [3.63, 3.8) is 0 Å². The first-order valence-electron chi connectivity index (χ1n) is 5.88. The molecule has 0 aliphatic carbocycles. The van der Waals surface area contributed by atoms with Crippen LogP contribution in [0.1, 0.15) is 33.2 Å². The average molecular weight is 258 g/mol. The minimum absolute atomic E-state index is 0.251. The number of hydrogen-bond acceptors (Lipinski definition) is 2. The predicted octanol–water partition coefficient (Wildman–Crippen LogP) is 3.14. The molecule has 0 radical (unpaired) electrons. The quantitative estimate of drug-likeness (QED) is 0.900. The summed E-state index contributed by atoms with van der Waals surface area (Å²) in [6.45, 7) is 0.374. The zero-order valence-corrected chi connectivity index (χ0v) is 9.97. The monoisotopic (exact) mass is 258 g/mol. The molecule has 96 valence electrons. The van der Waals surface area contributed by atoms with Crippen LogP contribution in [0.3, 0.4) is 0 Å². The summed E-state index contributed by atoms with van der Waals surface area (Å²) in [5.41, 5.74) is 2.93. The van der Waals surface area contributed by atoms with Gasteiger partial charge in [-0.15, -0.1) is 0 Å². The number of hydrogen-bond donors (Lipinski definition) is 1. The maximum absolute atomic E-state index is 12.9. The Hall–Kier alpha value is -2.20. The summed E-state index contributed by atoms with van der Waals surface area (Å²) in [4.78, 5) is 10.9. The van der Waals surface area contributed by atoms with Gasteiger partial charge in [-0.1, -0.05) is 18.2 Å². The van der Waals surface area contributed by atoms with Gasteiger partial charge in [-0.25, -0.2) is 9.18 Å². The van der Waals surface area contributed by atoms with E-state index in [-0.39, 0.29) is 17.5 Å². The Balaban J connectivity index is 1.98. The van der Waals surface area contributed by atoms with Crippen LogP contribution in [0.2, 0.25) is 0 Å². The van der Waals surface area contributed by atoms with Gasteiger partial charge in [-0.3, -0.25) is 0 Å². The second kappa shape index (κ2) is 4.48. The van der Waals surface area contributed by atoms with Crippen molar-refractivity contribution in [3.8, 4) is 0 Å². The first kappa shape index (κ1) is 11.9. The van der Waals surface area contributed by atoms with E-state index in [1.54, 1.807) is 30.3 Å². The molecule has 0 saturated heterocycles. The maximum atomic E-state index is 12.9. The Labute approximate surface area is 109 Å². The number of carbonyl (C=O) groups is 1. The molecule has 0 spiro atoms. The van der Waals surface area contributed by atoms with Gasteiger partial charge in [0.15, 0.2) is 0 Å². The topological polar surface area (TPSA) is 46.5 Å². The van der Waals surface area contributed by atoms with E-state index in [1.165, 1.54) is 12.1 Å². The lowest BCUT2D eigenvalue weighted by atomic mass is 9.98. The number of ether oxygens (including phenoxy) is 1. The van der Waals surface area contributed by atoms with Gasteiger partial charge in [0.05, 0.1) is 12.2 Å². The Morgan fingerprint density at radius 3 is 2.63 bits per heavy atom. The molecule has 2 aromatic rings. The summed E-state index contributed by atoms with van der Waals surface area (Å²) in [5.74, 6) is -1.24. The molecule has 3 nitrogen and oxygen atoms in total. The number of carboxylic acids is 1. The van der Waals surface area contributed by atoms with E-state index < -0.39 is 5.97 Å². The van der Waals surface area contributed by atoms with Crippen molar-refractivity contribution in [1.82, 2.24) is 0 Å². The minimum atomic E-state index is -0.951. The lowest BCUT2D eigenvalue weighted by Crippen LogP contribution is -2.00. The molecule has 0 amide bonds. The Morgan fingerprint density at radius 1 is 1.21 bits per heavy atom. The Morgan fingerprint density at radius 2 is 1.95 bits per heavy atom. The van der Waals surface area contributed by atoms with Gasteiger partial charge < -0.3 is 9.84 Å². The fraction of sp³-hybridized carbons (Fsp3) is 0.133. The molecule has 1 heterocycles. The van der Waals surface area contributed by atoms with Crippen LogP contribution in [-0.4, -0.2) is 11.1 Å². The molecule has 2 aromatic carbocycles. The number of halogens is 1. The lowest BCUT2D eigenvalue weighted by Gasteiger charge is -2.11. The smallest absolute Gasteiger partial charge is 0.335 e. The Kier molecular flexibility index (Phi) is 2.80. The zero-order valence-electron chi connectivity index (χ0n) is 9.97. The van der Waals surface area contributed by atoms with Crippen molar-refractivity contribution < 1.29 is 19.0 Å². The third-order valence-electron chi connectivity index (χ3n) is 3.25. The molecule has 1 atom stereocenters. The molecule has 4 heteroatoms. The van der Waals surface area contributed by atoms with Crippen LogP contribution >= 0.6 is 0 Å². The van der Waals surface area contributed by atoms with E-state index in [9.17, 15) is 9.18 Å². The van der Waals surface area contributed by atoms with Crippen molar-refractivity contribution in [1.29, 1.82) is 0 Å². The largest absolute Gasteiger partial charge is 0.478 e. The standard InChI is InChI=1S/C15H11FO3/c16-12-4-1-9(2-5-12)14-13-6-3-10(15(17)18)7-11(13)8-19-14/h1-7,14H,8H2,(H,17,18). The highest BCUT2D eigenvalue weighted by Crippen LogP contribution is 2.36. The molecule has 3 rings (SSSR count). The van der Waals surface area contributed by atoms with Gasteiger partial charge in [0.2, 0.25) is 0 Å². The molecule has 0 fully saturated rings. The lowest BCUT2D eigenvalue weighted by molar-refractivity contribution is 0.0696. The maximum Gasteiger partial charge on any atom is 0.335 e. The molecule has 0 aromatic heterocycles. The fourth-order valence-electron chi connectivity index (χ4n) is 2.30. The summed E-state index contributed by atoms with van der Waals surface area (Å²) in [6.07, 6.45) is -0.251. The van der Waals surface area contributed by atoms with Crippen LogP contribution in [0.15, 0.2) is 42.5 Å². The molecule has 1 unspecified atom stereocenters. The third kappa shape index (κ3) is 2.11. The van der Waals surface area contributed by atoms with Gasteiger partial charge in [-0.2, -0.15) is 0 Å². The van der Waals surface area contributed by atoms with Crippen LogP contribution in [-0.2, 0) is 11.3 Å². The minimum Gasteiger partial charge on any atom is -0.478 e. The molecule has 0 bridgehead atoms. The molecule has 1 aliphatic rings. The second-order valence-corrected chi connectivity index (χ2v) is 4.46. The first-order chi connectivity index (χ1) is 9.15. The number of carboxylic acid groups (broad SMARTS) is 1. The van der Waals surface area contributed by atoms with Gasteiger partial charge >= 0.3 is 5.97 Å². The highest BCUT2D eigenvalue weighted by Gasteiger charge is 2.25. The summed E-state index contributed by atoms with van der Waals surface area (Å²) >= 11 is 0. The van der Waals surface area contributed by atoms with Crippen molar-refractivity contribution in [2.45, 2.75) is 12.7 Å². The number of fused-ring (bicyclic) bond motifs is 1. The number of benzene rings is 2. The second-order valence-electron chi connectivity index (χ2n) is 4.46.